The van der Waals surface area contributed by atoms with E-state index in [1.807, 2.05) is 12.1 Å². The Morgan fingerprint density at radius 2 is 1.95 bits per heavy atom. The molecule has 0 amide bonds. The molecule has 118 valence electrons. The van der Waals surface area contributed by atoms with Crippen LogP contribution in [-0.2, 0) is 11.3 Å². The van der Waals surface area contributed by atoms with Gasteiger partial charge in [-0.05, 0) is 49.1 Å². The van der Waals surface area contributed by atoms with Crippen LogP contribution in [0.5, 0.6) is 0 Å². The largest absolute Gasteiger partial charge is 0.465 e. The first-order valence-electron chi connectivity index (χ1n) is 7.80. The number of nitrogens with one attached hydrogen (secondary N) is 1. The lowest BCUT2D eigenvalue weighted by Crippen LogP contribution is -2.35. The molecule has 0 saturated heterocycles. The SMILES string of the molecule is COC(=O)c1ccc(CN[C@H]2CC[C@H](C(C)(C)C)CC2)s1. The van der Waals surface area contributed by atoms with Gasteiger partial charge in [-0.2, -0.15) is 0 Å². The van der Waals surface area contributed by atoms with Gasteiger partial charge in [0.15, 0.2) is 0 Å². The van der Waals surface area contributed by atoms with E-state index in [1.54, 1.807) is 0 Å². The fourth-order valence-electron chi connectivity index (χ4n) is 3.09. The van der Waals surface area contributed by atoms with Crippen LogP contribution in [0, 0.1) is 11.3 Å². The van der Waals surface area contributed by atoms with Crippen LogP contribution >= 0.6 is 11.3 Å². The number of carbonyl (C=O) groups excluding carboxylic acids is 1. The number of rotatable bonds is 4. The molecule has 1 aliphatic rings. The van der Waals surface area contributed by atoms with Crippen molar-refractivity contribution in [1.82, 2.24) is 5.32 Å². The van der Waals surface area contributed by atoms with E-state index >= 15 is 0 Å². The quantitative estimate of drug-likeness (QED) is 0.846. The summed E-state index contributed by atoms with van der Waals surface area (Å²) in [5.74, 6) is 0.611. The molecule has 0 atom stereocenters. The highest BCUT2D eigenvalue weighted by Gasteiger charge is 2.29. The zero-order chi connectivity index (χ0) is 15.5. The summed E-state index contributed by atoms with van der Waals surface area (Å²) in [6, 6.07) is 4.49. The van der Waals surface area contributed by atoms with E-state index in [4.69, 9.17) is 4.74 Å². The van der Waals surface area contributed by atoms with E-state index in [9.17, 15) is 4.79 Å². The van der Waals surface area contributed by atoms with E-state index in [0.29, 0.717) is 16.3 Å². The van der Waals surface area contributed by atoms with Crippen molar-refractivity contribution in [2.45, 2.75) is 59.0 Å². The van der Waals surface area contributed by atoms with Crippen molar-refractivity contribution in [2.24, 2.45) is 11.3 Å². The van der Waals surface area contributed by atoms with Crippen molar-refractivity contribution in [3.8, 4) is 0 Å². The monoisotopic (exact) mass is 309 g/mol. The van der Waals surface area contributed by atoms with Gasteiger partial charge >= 0.3 is 5.97 Å². The predicted molar refractivity (Wildman–Crippen MR) is 87.7 cm³/mol. The van der Waals surface area contributed by atoms with Crippen LogP contribution in [0.4, 0.5) is 0 Å². The first-order chi connectivity index (χ1) is 9.90. The molecule has 0 bridgehead atoms. The summed E-state index contributed by atoms with van der Waals surface area (Å²) in [6.45, 7) is 7.91. The van der Waals surface area contributed by atoms with Gasteiger partial charge in [0.2, 0.25) is 0 Å². The van der Waals surface area contributed by atoms with E-state index in [-0.39, 0.29) is 5.97 Å². The second-order valence-electron chi connectivity index (χ2n) is 7.05. The van der Waals surface area contributed by atoms with Crippen molar-refractivity contribution in [3.63, 3.8) is 0 Å². The molecule has 2 rings (SSSR count). The van der Waals surface area contributed by atoms with Crippen LogP contribution in [-0.4, -0.2) is 19.1 Å². The van der Waals surface area contributed by atoms with Gasteiger partial charge in [0.1, 0.15) is 4.88 Å². The standard InChI is InChI=1S/C17H27NO2S/c1-17(2,3)12-5-7-13(8-6-12)18-11-14-9-10-15(21-14)16(19)20-4/h9-10,12-13,18H,5-8,11H2,1-4H3/t12-,13-. The highest BCUT2D eigenvalue weighted by molar-refractivity contribution is 7.13. The molecule has 0 aromatic carbocycles. The molecule has 1 aliphatic carbocycles. The summed E-state index contributed by atoms with van der Waals surface area (Å²) in [4.78, 5) is 13.3. The number of carbonyl (C=O) groups is 1. The lowest BCUT2D eigenvalue weighted by Gasteiger charge is -2.37. The molecule has 0 radical (unpaired) electrons. The maximum absolute atomic E-state index is 11.4. The molecular weight excluding hydrogens is 282 g/mol. The molecule has 0 spiro atoms. The average Bonchev–Trinajstić information content (AvgIpc) is 2.92. The van der Waals surface area contributed by atoms with Gasteiger partial charge in [-0.1, -0.05) is 20.8 Å². The fraction of sp³-hybridized carbons (Fsp3) is 0.706. The van der Waals surface area contributed by atoms with Crippen LogP contribution in [0.3, 0.4) is 0 Å². The molecule has 0 unspecified atom stereocenters. The fourth-order valence-corrected chi connectivity index (χ4v) is 3.97. The Morgan fingerprint density at radius 1 is 1.29 bits per heavy atom. The Kier molecular flexibility index (Phi) is 5.44. The minimum absolute atomic E-state index is 0.239. The highest BCUT2D eigenvalue weighted by atomic mass is 32.1. The topological polar surface area (TPSA) is 38.3 Å². The lowest BCUT2D eigenvalue weighted by molar-refractivity contribution is 0.0606. The number of ether oxygens (including phenoxy) is 1. The van der Waals surface area contributed by atoms with Gasteiger partial charge < -0.3 is 10.1 Å². The van der Waals surface area contributed by atoms with Crippen LogP contribution in [0.15, 0.2) is 12.1 Å². The van der Waals surface area contributed by atoms with Gasteiger partial charge in [-0.15, -0.1) is 11.3 Å². The molecule has 21 heavy (non-hydrogen) atoms. The van der Waals surface area contributed by atoms with E-state index < -0.39 is 0 Å². The molecule has 1 heterocycles. The third-order valence-corrected chi connectivity index (χ3v) is 5.63. The predicted octanol–water partition coefficient (Wildman–Crippen LogP) is 4.23. The smallest absolute Gasteiger partial charge is 0.348 e. The minimum atomic E-state index is -0.239. The second-order valence-corrected chi connectivity index (χ2v) is 8.22. The maximum Gasteiger partial charge on any atom is 0.348 e. The zero-order valence-corrected chi connectivity index (χ0v) is 14.4. The maximum atomic E-state index is 11.4. The van der Waals surface area contributed by atoms with E-state index in [0.717, 1.165) is 12.5 Å². The third-order valence-electron chi connectivity index (χ3n) is 4.57. The van der Waals surface area contributed by atoms with Crippen molar-refractivity contribution in [3.05, 3.63) is 21.9 Å². The first kappa shape index (κ1) is 16.5. The number of esters is 1. The number of thiophene rings is 1. The summed E-state index contributed by atoms with van der Waals surface area (Å²) in [5.41, 5.74) is 0.439. The van der Waals surface area contributed by atoms with Crippen molar-refractivity contribution >= 4 is 17.3 Å². The van der Waals surface area contributed by atoms with Crippen LogP contribution in [0.1, 0.15) is 61.0 Å². The van der Waals surface area contributed by atoms with Gasteiger partial charge in [0, 0.05) is 17.5 Å². The Hall–Kier alpha value is -0.870. The Morgan fingerprint density at radius 3 is 2.52 bits per heavy atom. The molecule has 1 aromatic rings. The third kappa shape index (κ3) is 4.55. The normalized spacial score (nSPS) is 23.0. The summed E-state index contributed by atoms with van der Waals surface area (Å²) in [7, 11) is 1.42. The Bertz CT molecular complexity index is 467. The van der Waals surface area contributed by atoms with Crippen molar-refractivity contribution in [2.75, 3.05) is 7.11 Å². The van der Waals surface area contributed by atoms with E-state index in [2.05, 4.69) is 26.1 Å². The van der Waals surface area contributed by atoms with Crippen molar-refractivity contribution < 1.29 is 9.53 Å². The average molecular weight is 309 g/mol. The zero-order valence-electron chi connectivity index (χ0n) is 13.6. The molecule has 4 heteroatoms. The molecule has 1 fully saturated rings. The Labute approximate surface area is 132 Å². The van der Waals surface area contributed by atoms with Crippen LogP contribution in [0.25, 0.3) is 0 Å². The molecule has 3 nitrogen and oxygen atoms in total. The molecular formula is C17H27NO2S. The number of methoxy groups -OCH3 is 1. The first-order valence-corrected chi connectivity index (χ1v) is 8.62. The molecule has 1 aromatic heterocycles. The van der Waals surface area contributed by atoms with Crippen LogP contribution < -0.4 is 5.32 Å². The summed E-state index contributed by atoms with van der Waals surface area (Å²) < 4.78 is 4.74. The summed E-state index contributed by atoms with van der Waals surface area (Å²) in [5, 5.41) is 3.64. The van der Waals surface area contributed by atoms with Gasteiger partial charge in [-0.25, -0.2) is 4.79 Å². The Balaban J connectivity index is 1.77. The lowest BCUT2D eigenvalue weighted by atomic mass is 9.71. The molecule has 0 aliphatic heterocycles. The second kappa shape index (κ2) is 6.93. The highest BCUT2D eigenvalue weighted by Crippen LogP contribution is 2.37. The van der Waals surface area contributed by atoms with E-state index in [1.165, 1.54) is 49.0 Å². The van der Waals surface area contributed by atoms with Gasteiger partial charge in [0.05, 0.1) is 7.11 Å². The number of hydrogen-bond acceptors (Lipinski definition) is 4. The summed E-state index contributed by atoms with van der Waals surface area (Å²) in [6.07, 6.45) is 5.16. The number of hydrogen-bond donors (Lipinski definition) is 1. The van der Waals surface area contributed by atoms with Crippen molar-refractivity contribution in [1.29, 1.82) is 0 Å². The van der Waals surface area contributed by atoms with Crippen LogP contribution in [0.2, 0.25) is 0 Å². The molecule has 1 N–H and O–H groups in total. The minimum Gasteiger partial charge on any atom is -0.465 e. The molecule has 1 saturated carbocycles. The summed E-state index contributed by atoms with van der Waals surface area (Å²) >= 11 is 1.52. The van der Waals surface area contributed by atoms with Gasteiger partial charge in [-0.3, -0.25) is 0 Å². The van der Waals surface area contributed by atoms with Gasteiger partial charge in [0.25, 0.3) is 0 Å².